The summed E-state index contributed by atoms with van der Waals surface area (Å²) in [5.74, 6) is -0.288. The Bertz CT molecular complexity index is 553. The highest BCUT2D eigenvalue weighted by Gasteiger charge is 2.34. The van der Waals surface area contributed by atoms with Gasteiger partial charge in [-0.3, -0.25) is 0 Å². The number of benzene rings is 1. The first-order valence-corrected chi connectivity index (χ1v) is 7.81. The first-order chi connectivity index (χ1) is 11.2. The molecule has 2 rings (SSSR count). The lowest BCUT2D eigenvalue weighted by Gasteiger charge is -2.38. The van der Waals surface area contributed by atoms with E-state index in [1.807, 2.05) is 6.92 Å². The van der Waals surface area contributed by atoms with Crippen LogP contribution >= 0.6 is 0 Å². The lowest BCUT2D eigenvalue weighted by Crippen LogP contribution is -2.50. The molecule has 2 N–H and O–H groups in total. The Hall–Kier alpha value is -1.96. The Morgan fingerprint density at radius 1 is 1.29 bits per heavy atom. The third kappa shape index (κ3) is 5.30. The molecular formula is C16H21F3N2O3. The summed E-state index contributed by atoms with van der Waals surface area (Å²) in [4.78, 5) is 13.4. The zero-order valence-corrected chi connectivity index (χ0v) is 13.4. The molecule has 1 aliphatic rings. The molecule has 0 aliphatic carbocycles. The maximum Gasteiger partial charge on any atom is 0.573 e. The predicted molar refractivity (Wildman–Crippen MR) is 81.7 cm³/mol. The molecule has 2 amide bonds. The van der Waals surface area contributed by atoms with Crippen LogP contribution in [0.1, 0.15) is 25.3 Å². The van der Waals surface area contributed by atoms with Crippen molar-refractivity contribution in [2.24, 2.45) is 0 Å². The van der Waals surface area contributed by atoms with Gasteiger partial charge >= 0.3 is 12.4 Å². The van der Waals surface area contributed by atoms with Gasteiger partial charge in [0.2, 0.25) is 0 Å². The molecule has 1 aliphatic heterocycles. The average molecular weight is 346 g/mol. The number of nitrogens with one attached hydrogen (secondary N) is 1. The van der Waals surface area contributed by atoms with Gasteiger partial charge in [-0.2, -0.15) is 0 Å². The maximum absolute atomic E-state index is 12.1. The molecule has 0 bridgehead atoms. The molecule has 1 saturated heterocycles. The summed E-state index contributed by atoms with van der Waals surface area (Å²) in [6.45, 7) is 3.27. The van der Waals surface area contributed by atoms with E-state index in [9.17, 15) is 23.1 Å². The topological polar surface area (TPSA) is 61.8 Å². The number of hydrogen-bond donors (Lipinski definition) is 2. The number of amides is 2. The first-order valence-electron chi connectivity index (χ1n) is 7.81. The Kier molecular flexibility index (Phi) is 5.58. The second-order valence-corrected chi connectivity index (χ2v) is 5.92. The summed E-state index contributed by atoms with van der Waals surface area (Å²) in [5.41, 5.74) is -0.242. The van der Waals surface area contributed by atoms with Gasteiger partial charge in [0.05, 0.1) is 5.60 Å². The Balaban J connectivity index is 1.90. The van der Waals surface area contributed by atoms with Crippen molar-refractivity contribution in [3.8, 4) is 5.75 Å². The van der Waals surface area contributed by atoms with Gasteiger partial charge in [-0.05, 0) is 37.5 Å². The van der Waals surface area contributed by atoms with Gasteiger partial charge in [0.25, 0.3) is 0 Å². The second kappa shape index (κ2) is 7.29. The Labute approximate surface area is 138 Å². The fourth-order valence-electron chi connectivity index (χ4n) is 2.75. The predicted octanol–water partition coefficient (Wildman–Crippen LogP) is 2.68. The van der Waals surface area contributed by atoms with Gasteiger partial charge in [-0.1, -0.05) is 12.1 Å². The number of aliphatic hydroxyl groups is 1. The number of urea groups is 1. The maximum atomic E-state index is 12.1. The molecule has 134 valence electrons. The standard InChI is InChI=1S/C16H21F3N2O3/c1-2-20-14(22)21-9-7-15(23,8-10-21)11-12-3-5-13(6-4-12)24-16(17,18)19/h3-6,23H,2,7-11H2,1H3,(H,20,22). The van der Waals surface area contributed by atoms with E-state index < -0.39 is 12.0 Å². The SMILES string of the molecule is CCNC(=O)N1CCC(O)(Cc2ccc(OC(F)(F)F)cc2)CC1. The van der Waals surface area contributed by atoms with Crippen LogP contribution in [0.5, 0.6) is 5.75 Å². The van der Waals surface area contributed by atoms with Gasteiger partial charge in [0, 0.05) is 26.1 Å². The quantitative estimate of drug-likeness (QED) is 0.881. The van der Waals surface area contributed by atoms with E-state index in [1.54, 1.807) is 4.90 Å². The normalized spacial score (nSPS) is 17.5. The molecule has 0 spiro atoms. The van der Waals surface area contributed by atoms with Crippen molar-refractivity contribution in [2.75, 3.05) is 19.6 Å². The molecule has 0 radical (unpaired) electrons. The summed E-state index contributed by atoms with van der Waals surface area (Å²) < 4.78 is 40.2. The summed E-state index contributed by atoms with van der Waals surface area (Å²) in [6, 6.07) is 5.34. The minimum atomic E-state index is -4.72. The molecule has 0 unspecified atom stereocenters. The number of rotatable bonds is 4. The molecule has 1 fully saturated rings. The monoisotopic (exact) mass is 346 g/mol. The first kappa shape index (κ1) is 18.4. The van der Waals surface area contributed by atoms with E-state index >= 15 is 0 Å². The number of carbonyl (C=O) groups is 1. The Morgan fingerprint density at radius 3 is 2.38 bits per heavy atom. The van der Waals surface area contributed by atoms with E-state index in [2.05, 4.69) is 10.1 Å². The summed E-state index contributed by atoms with van der Waals surface area (Å²) in [6.07, 6.45) is -3.55. The smallest absolute Gasteiger partial charge is 0.406 e. The van der Waals surface area contributed by atoms with Crippen LogP contribution < -0.4 is 10.1 Å². The number of ether oxygens (including phenoxy) is 1. The molecular weight excluding hydrogens is 325 g/mol. The highest BCUT2D eigenvalue weighted by atomic mass is 19.4. The van der Waals surface area contributed by atoms with Crippen LogP contribution in [0.15, 0.2) is 24.3 Å². The zero-order valence-electron chi connectivity index (χ0n) is 13.4. The Morgan fingerprint density at radius 2 is 1.88 bits per heavy atom. The van der Waals surface area contributed by atoms with Crippen LogP contribution in [0.4, 0.5) is 18.0 Å². The fraction of sp³-hybridized carbons (Fsp3) is 0.562. The van der Waals surface area contributed by atoms with Gasteiger partial charge in [-0.25, -0.2) is 4.79 Å². The van der Waals surface area contributed by atoms with E-state index in [-0.39, 0.29) is 11.8 Å². The minimum absolute atomic E-state index is 0.145. The zero-order chi connectivity index (χ0) is 17.8. The van der Waals surface area contributed by atoms with Gasteiger partial charge in [0.1, 0.15) is 5.75 Å². The molecule has 1 aromatic rings. The fourth-order valence-corrected chi connectivity index (χ4v) is 2.75. The molecule has 1 aromatic carbocycles. The van der Waals surface area contributed by atoms with Crippen molar-refractivity contribution in [3.63, 3.8) is 0 Å². The van der Waals surface area contributed by atoms with Crippen molar-refractivity contribution < 1.29 is 27.8 Å². The molecule has 8 heteroatoms. The van der Waals surface area contributed by atoms with Crippen molar-refractivity contribution in [3.05, 3.63) is 29.8 Å². The minimum Gasteiger partial charge on any atom is -0.406 e. The molecule has 24 heavy (non-hydrogen) atoms. The number of piperidine rings is 1. The number of nitrogens with zero attached hydrogens (tertiary/aromatic N) is 1. The van der Waals surface area contributed by atoms with Gasteiger partial charge in [-0.15, -0.1) is 13.2 Å². The second-order valence-electron chi connectivity index (χ2n) is 5.92. The summed E-state index contributed by atoms with van der Waals surface area (Å²) in [7, 11) is 0. The van der Waals surface area contributed by atoms with Crippen molar-refractivity contribution >= 4 is 6.03 Å². The van der Waals surface area contributed by atoms with Crippen LogP contribution in [0.3, 0.4) is 0 Å². The number of carbonyl (C=O) groups excluding carboxylic acids is 1. The van der Waals surface area contributed by atoms with E-state index in [0.717, 1.165) is 5.56 Å². The third-order valence-corrected chi connectivity index (χ3v) is 4.00. The lowest BCUT2D eigenvalue weighted by atomic mass is 9.85. The van der Waals surface area contributed by atoms with Crippen LogP contribution in [-0.4, -0.2) is 47.6 Å². The molecule has 0 atom stereocenters. The van der Waals surface area contributed by atoms with Crippen molar-refractivity contribution in [1.29, 1.82) is 0 Å². The summed E-state index contributed by atoms with van der Waals surface area (Å²) in [5, 5.41) is 13.4. The van der Waals surface area contributed by atoms with E-state index in [4.69, 9.17) is 0 Å². The van der Waals surface area contributed by atoms with Crippen LogP contribution in [0.2, 0.25) is 0 Å². The molecule has 5 nitrogen and oxygen atoms in total. The van der Waals surface area contributed by atoms with E-state index in [0.29, 0.717) is 38.9 Å². The number of halogens is 3. The number of hydrogen-bond acceptors (Lipinski definition) is 3. The highest BCUT2D eigenvalue weighted by molar-refractivity contribution is 5.74. The van der Waals surface area contributed by atoms with Crippen LogP contribution in [0, 0.1) is 0 Å². The summed E-state index contributed by atoms with van der Waals surface area (Å²) >= 11 is 0. The van der Waals surface area contributed by atoms with Gasteiger partial charge in [0.15, 0.2) is 0 Å². The van der Waals surface area contributed by atoms with Crippen molar-refractivity contribution in [1.82, 2.24) is 10.2 Å². The average Bonchev–Trinajstić information content (AvgIpc) is 2.48. The van der Waals surface area contributed by atoms with Crippen molar-refractivity contribution in [2.45, 2.75) is 38.1 Å². The highest BCUT2D eigenvalue weighted by Crippen LogP contribution is 2.28. The van der Waals surface area contributed by atoms with Crippen LogP contribution in [0.25, 0.3) is 0 Å². The van der Waals surface area contributed by atoms with Gasteiger partial charge < -0.3 is 20.1 Å². The molecule has 0 saturated carbocycles. The van der Waals surface area contributed by atoms with Crippen LogP contribution in [-0.2, 0) is 6.42 Å². The molecule has 1 heterocycles. The largest absolute Gasteiger partial charge is 0.573 e. The third-order valence-electron chi connectivity index (χ3n) is 4.00. The molecule has 0 aromatic heterocycles. The number of alkyl halides is 3. The number of likely N-dealkylation sites (tertiary alicyclic amines) is 1. The van der Waals surface area contributed by atoms with E-state index in [1.165, 1.54) is 24.3 Å². The lowest BCUT2D eigenvalue weighted by molar-refractivity contribution is -0.274.